The first-order chi connectivity index (χ1) is 5.79. The smallest absolute Gasteiger partial charge is 0.504 e. The normalized spacial score (nSPS) is 7.43. The zero-order valence-electron chi connectivity index (χ0n) is 8.00. The molecule has 2 aromatic heterocycles. The molecule has 0 atom stereocenters. The molecule has 2 rings (SSSR count). The van der Waals surface area contributed by atoms with Gasteiger partial charge in [0.1, 0.15) is 0 Å². The van der Waals surface area contributed by atoms with Crippen molar-refractivity contribution in [3.63, 3.8) is 0 Å². The standard InChI is InChI=1S/2C5H5O.Cu.Li/c2*1-5-3-2-4-6-5;;/h2*2-4H,1H2;;/q2*-1;2*+1. The van der Waals surface area contributed by atoms with E-state index in [2.05, 4.69) is 13.8 Å². The Hall–Kier alpha value is -0.583. The minimum Gasteiger partial charge on any atom is -0.504 e. The van der Waals surface area contributed by atoms with Crippen LogP contribution in [0, 0.1) is 13.8 Å². The largest absolute Gasteiger partial charge is 1.00 e. The van der Waals surface area contributed by atoms with Crippen LogP contribution in [0.4, 0.5) is 0 Å². The van der Waals surface area contributed by atoms with Gasteiger partial charge in [0.25, 0.3) is 0 Å². The Bertz CT molecular complexity index is 258. The van der Waals surface area contributed by atoms with Gasteiger partial charge in [-0.1, -0.05) is 0 Å². The number of hydrogen-bond acceptors (Lipinski definition) is 2. The minimum absolute atomic E-state index is 0. The van der Waals surface area contributed by atoms with Crippen LogP contribution in [0.15, 0.2) is 45.6 Å². The van der Waals surface area contributed by atoms with E-state index in [0.717, 1.165) is 11.5 Å². The van der Waals surface area contributed by atoms with Crippen LogP contribution in [0.25, 0.3) is 0 Å². The molecule has 0 aliphatic heterocycles. The van der Waals surface area contributed by atoms with Crippen molar-refractivity contribution in [3.8, 4) is 0 Å². The van der Waals surface area contributed by atoms with Crippen LogP contribution in [0.2, 0.25) is 0 Å². The summed E-state index contributed by atoms with van der Waals surface area (Å²) in [6.45, 7) is 7.03. The molecule has 0 aliphatic carbocycles. The summed E-state index contributed by atoms with van der Waals surface area (Å²) in [6.07, 6.45) is 3.20. The predicted octanol–water partition coefficient (Wildman–Crippen LogP) is -0.0749. The van der Waals surface area contributed by atoms with E-state index in [1.165, 1.54) is 0 Å². The molecular formula is C10H10CuLiO2. The summed E-state index contributed by atoms with van der Waals surface area (Å²) in [5, 5.41) is 0. The zero-order valence-corrected chi connectivity index (χ0v) is 8.94. The molecule has 0 saturated heterocycles. The fourth-order valence-electron chi connectivity index (χ4n) is 0.625. The number of hydrogen-bond donors (Lipinski definition) is 0. The van der Waals surface area contributed by atoms with Crippen molar-refractivity contribution in [2.24, 2.45) is 0 Å². The summed E-state index contributed by atoms with van der Waals surface area (Å²) in [4.78, 5) is 0. The molecule has 4 heteroatoms. The number of rotatable bonds is 0. The Kier molecular flexibility index (Phi) is 10.2. The predicted molar refractivity (Wildman–Crippen MR) is 46.3 cm³/mol. The second-order valence-corrected chi connectivity index (χ2v) is 2.16. The Morgan fingerprint density at radius 2 is 1.21 bits per heavy atom. The first-order valence-corrected chi connectivity index (χ1v) is 3.50. The van der Waals surface area contributed by atoms with Gasteiger partial charge in [-0.3, -0.25) is 0 Å². The van der Waals surface area contributed by atoms with Gasteiger partial charge in [-0.2, -0.15) is 12.1 Å². The molecule has 0 bridgehead atoms. The summed E-state index contributed by atoms with van der Waals surface area (Å²) >= 11 is 0. The van der Waals surface area contributed by atoms with E-state index in [0.29, 0.717) is 0 Å². The van der Waals surface area contributed by atoms with Gasteiger partial charge in [0.2, 0.25) is 0 Å². The maximum Gasteiger partial charge on any atom is 1.00 e. The van der Waals surface area contributed by atoms with E-state index in [1.807, 2.05) is 12.1 Å². The van der Waals surface area contributed by atoms with Crippen molar-refractivity contribution in [2.75, 3.05) is 0 Å². The van der Waals surface area contributed by atoms with Gasteiger partial charge in [-0.25, -0.2) is 13.8 Å². The molecule has 0 spiro atoms. The Morgan fingerprint density at radius 1 is 0.857 bits per heavy atom. The summed E-state index contributed by atoms with van der Waals surface area (Å²) in [5.74, 6) is 1.44. The van der Waals surface area contributed by atoms with Crippen molar-refractivity contribution in [1.82, 2.24) is 0 Å². The quantitative estimate of drug-likeness (QED) is 0.469. The van der Waals surface area contributed by atoms with Gasteiger partial charge < -0.3 is 8.83 Å². The fraction of sp³-hybridized carbons (Fsp3) is 0. The zero-order chi connectivity index (χ0) is 8.81. The Balaban J connectivity index is 0. The molecule has 0 fully saturated rings. The van der Waals surface area contributed by atoms with Crippen LogP contribution in [-0.2, 0) is 17.1 Å². The topological polar surface area (TPSA) is 26.3 Å². The van der Waals surface area contributed by atoms with E-state index in [-0.39, 0.29) is 35.9 Å². The minimum atomic E-state index is 0. The summed E-state index contributed by atoms with van der Waals surface area (Å²) in [7, 11) is 0. The molecule has 0 aromatic carbocycles. The van der Waals surface area contributed by atoms with E-state index in [4.69, 9.17) is 8.83 Å². The average Bonchev–Trinajstić information content (AvgIpc) is 2.63. The monoisotopic (exact) mass is 232 g/mol. The van der Waals surface area contributed by atoms with Crippen LogP contribution in [-0.4, -0.2) is 0 Å². The maximum atomic E-state index is 4.72. The maximum absolute atomic E-state index is 4.72. The first kappa shape index (κ1) is 15.9. The van der Waals surface area contributed by atoms with E-state index < -0.39 is 0 Å². The molecule has 2 aromatic rings. The summed E-state index contributed by atoms with van der Waals surface area (Å²) in [6, 6.07) is 7.23. The van der Waals surface area contributed by atoms with Gasteiger partial charge in [-0.05, 0) is 11.5 Å². The van der Waals surface area contributed by atoms with Crippen LogP contribution in [0.5, 0.6) is 0 Å². The van der Waals surface area contributed by atoms with Gasteiger partial charge in [-0.15, -0.1) is 12.1 Å². The van der Waals surface area contributed by atoms with Crippen LogP contribution < -0.4 is 18.9 Å². The Labute approximate surface area is 107 Å². The van der Waals surface area contributed by atoms with Gasteiger partial charge in [0.05, 0.1) is 12.5 Å². The van der Waals surface area contributed by atoms with Crippen LogP contribution in [0.1, 0.15) is 11.5 Å². The molecule has 0 aliphatic rings. The molecule has 0 unspecified atom stereocenters. The van der Waals surface area contributed by atoms with E-state index >= 15 is 0 Å². The molecule has 2 heterocycles. The van der Waals surface area contributed by atoms with Crippen LogP contribution in [0.3, 0.4) is 0 Å². The van der Waals surface area contributed by atoms with E-state index in [1.54, 1.807) is 24.7 Å². The molecule has 0 radical (unpaired) electrons. The van der Waals surface area contributed by atoms with E-state index in [9.17, 15) is 0 Å². The van der Waals surface area contributed by atoms with Gasteiger partial charge in [0.15, 0.2) is 0 Å². The van der Waals surface area contributed by atoms with Crippen LogP contribution >= 0.6 is 0 Å². The molecule has 0 N–H and O–H groups in total. The van der Waals surface area contributed by atoms with Gasteiger partial charge in [0, 0.05) is 0 Å². The third-order valence-corrected chi connectivity index (χ3v) is 1.16. The van der Waals surface area contributed by atoms with Crippen molar-refractivity contribution >= 4 is 0 Å². The molecular weight excluding hydrogens is 223 g/mol. The molecule has 74 valence electrons. The third-order valence-electron chi connectivity index (χ3n) is 1.16. The fourth-order valence-corrected chi connectivity index (χ4v) is 0.625. The average molecular weight is 233 g/mol. The third kappa shape index (κ3) is 6.88. The summed E-state index contributed by atoms with van der Waals surface area (Å²) in [5.41, 5.74) is 0. The molecule has 14 heavy (non-hydrogen) atoms. The first-order valence-electron chi connectivity index (χ1n) is 3.50. The SMILES string of the molecule is [CH2-]c1ccco1.[CH2-]c1ccco1.[Cu+].[Li+]. The second-order valence-electron chi connectivity index (χ2n) is 2.16. The van der Waals surface area contributed by atoms with Crippen molar-refractivity contribution in [3.05, 3.63) is 62.2 Å². The molecule has 0 saturated carbocycles. The number of furan rings is 2. The molecule has 0 amide bonds. The van der Waals surface area contributed by atoms with Crippen molar-refractivity contribution in [2.45, 2.75) is 0 Å². The summed E-state index contributed by atoms with van der Waals surface area (Å²) < 4.78 is 9.44. The molecule has 2 nitrogen and oxygen atoms in total. The van der Waals surface area contributed by atoms with Crippen molar-refractivity contribution < 1.29 is 44.8 Å². The van der Waals surface area contributed by atoms with Gasteiger partial charge >= 0.3 is 35.9 Å². The Morgan fingerprint density at radius 3 is 1.29 bits per heavy atom. The second kappa shape index (κ2) is 8.99. The van der Waals surface area contributed by atoms with Crippen molar-refractivity contribution in [1.29, 1.82) is 0 Å².